The zero-order valence-corrected chi connectivity index (χ0v) is 21.2. The second-order valence-electron chi connectivity index (χ2n) is 10.2. The number of fused-ring (bicyclic) bond motifs is 1. The highest BCUT2D eigenvalue weighted by Crippen LogP contribution is 2.39. The number of allylic oxidation sites excluding steroid dienone is 1. The zero-order chi connectivity index (χ0) is 25.7. The molecule has 10 heteroatoms. The van der Waals surface area contributed by atoms with Crippen LogP contribution in [0.25, 0.3) is 22.2 Å². The average molecular weight is 508 g/mol. The maximum Gasteiger partial charge on any atom is 0.268 e. The van der Waals surface area contributed by atoms with E-state index in [1.165, 1.54) is 6.20 Å². The van der Waals surface area contributed by atoms with Gasteiger partial charge in [-0.1, -0.05) is 25.1 Å². The number of hydrogen-bond acceptors (Lipinski definition) is 6. The average Bonchev–Trinajstić information content (AvgIpc) is 3.41. The SMILES string of the molecule is C[C@H]1CN(c2nc(-c3cccc4[nH]ccc34)ccc2C(=O)NS(=O)(=O)C2CC=CNC2=O)C(C)(C)C1. The fourth-order valence-corrected chi connectivity index (χ4v) is 6.53. The number of amides is 2. The van der Waals surface area contributed by atoms with E-state index in [1.54, 1.807) is 18.2 Å². The van der Waals surface area contributed by atoms with Crippen molar-refractivity contribution in [3.05, 3.63) is 60.4 Å². The molecule has 9 nitrogen and oxygen atoms in total. The van der Waals surface area contributed by atoms with Gasteiger partial charge >= 0.3 is 0 Å². The van der Waals surface area contributed by atoms with Gasteiger partial charge in [-0.15, -0.1) is 0 Å². The van der Waals surface area contributed by atoms with Crippen molar-refractivity contribution in [1.29, 1.82) is 0 Å². The zero-order valence-electron chi connectivity index (χ0n) is 20.4. The summed E-state index contributed by atoms with van der Waals surface area (Å²) in [6.07, 6.45) is 5.71. The fraction of sp³-hybridized carbons (Fsp3) is 0.346. The van der Waals surface area contributed by atoms with Gasteiger partial charge in [0.25, 0.3) is 5.91 Å². The minimum absolute atomic E-state index is 0.00413. The van der Waals surface area contributed by atoms with E-state index in [1.807, 2.05) is 30.5 Å². The van der Waals surface area contributed by atoms with Gasteiger partial charge in [0, 0.05) is 34.7 Å². The Morgan fingerprint density at radius 1 is 1.19 bits per heavy atom. The van der Waals surface area contributed by atoms with Crippen LogP contribution in [0.1, 0.15) is 44.0 Å². The summed E-state index contributed by atoms with van der Waals surface area (Å²) in [5.41, 5.74) is 2.43. The highest BCUT2D eigenvalue weighted by atomic mass is 32.2. The van der Waals surface area contributed by atoms with E-state index in [0.29, 0.717) is 24.0 Å². The van der Waals surface area contributed by atoms with E-state index in [-0.39, 0.29) is 17.5 Å². The highest BCUT2D eigenvalue weighted by molar-refractivity contribution is 7.91. The lowest BCUT2D eigenvalue weighted by Gasteiger charge is -2.34. The van der Waals surface area contributed by atoms with E-state index in [9.17, 15) is 18.0 Å². The number of H-pyrrole nitrogens is 1. The smallest absolute Gasteiger partial charge is 0.268 e. The van der Waals surface area contributed by atoms with Gasteiger partial charge in [0.1, 0.15) is 5.82 Å². The van der Waals surface area contributed by atoms with Crippen LogP contribution in [0.15, 0.2) is 54.9 Å². The number of benzene rings is 1. The van der Waals surface area contributed by atoms with Crippen molar-refractivity contribution in [2.45, 2.75) is 44.4 Å². The molecule has 1 unspecified atom stereocenters. The molecule has 2 aliphatic heterocycles. The molecule has 4 heterocycles. The summed E-state index contributed by atoms with van der Waals surface area (Å²) in [4.78, 5) is 35.7. The number of pyridine rings is 1. The third kappa shape index (κ3) is 4.26. The number of anilines is 1. The molecule has 1 saturated heterocycles. The lowest BCUT2D eigenvalue weighted by atomic mass is 9.97. The minimum Gasteiger partial charge on any atom is -0.361 e. The number of carbonyl (C=O) groups excluding carboxylic acids is 2. The molecule has 2 aromatic heterocycles. The molecule has 1 aromatic carbocycles. The van der Waals surface area contributed by atoms with Crippen molar-refractivity contribution in [2.75, 3.05) is 11.4 Å². The van der Waals surface area contributed by atoms with Crippen LogP contribution >= 0.6 is 0 Å². The van der Waals surface area contributed by atoms with Crippen molar-refractivity contribution >= 4 is 38.6 Å². The summed E-state index contributed by atoms with van der Waals surface area (Å²) in [7, 11) is -4.26. The number of carbonyl (C=O) groups is 2. The summed E-state index contributed by atoms with van der Waals surface area (Å²) < 4.78 is 28.0. The van der Waals surface area contributed by atoms with Crippen molar-refractivity contribution in [3.8, 4) is 11.3 Å². The molecule has 0 saturated carbocycles. The lowest BCUT2D eigenvalue weighted by Crippen LogP contribution is -2.47. The van der Waals surface area contributed by atoms with Gasteiger partial charge in [-0.3, -0.25) is 9.59 Å². The number of hydrogen-bond donors (Lipinski definition) is 3. The van der Waals surface area contributed by atoms with Crippen molar-refractivity contribution < 1.29 is 18.0 Å². The summed E-state index contributed by atoms with van der Waals surface area (Å²) in [6, 6.07) is 11.2. The second kappa shape index (κ2) is 8.77. The fourth-order valence-electron chi connectivity index (χ4n) is 5.31. The first kappa shape index (κ1) is 24.1. The largest absolute Gasteiger partial charge is 0.361 e. The van der Waals surface area contributed by atoms with Crippen LogP contribution in [-0.2, 0) is 14.8 Å². The Bertz CT molecular complexity index is 1490. The topological polar surface area (TPSA) is 124 Å². The molecule has 0 bridgehead atoms. The molecule has 2 aliphatic rings. The van der Waals surface area contributed by atoms with Crippen molar-refractivity contribution in [2.24, 2.45) is 5.92 Å². The summed E-state index contributed by atoms with van der Waals surface area (Å²) in [6.45, 7) is 7.01. The first-order valence-electron chi connectivity index (χ1n) is 11.9. The maximum absolute atomic E-state index is 13.4. The molecule has 0 radical (unpaired) electrons. The Labute approximate surface area is 210 Å². The first-order valence-corrected chi connectivity index (χ1v) is 13.5. The maximum atomic E-state index is 13.4. The number of aromatic amines is 1. The Kier molecular flexibility index (Phi) is 5.86. The predicted molar refractivity (Wildman–Crippen MR) is 139 cm³/mol. The van der Waals surface area contributed by atoms with E-state index < -0.39 is 27.1 Å². The van der Waals surface area contributed by atoms with E-state index in [4.69, 9.17) is 4.98 Å². The Morgan fingerprint density at radius 2 is 2.00 bits per heavy atom. The van der Waals surface area contributed by atoms with E-state index >= 15 is 0 Å². The Morgan fingerprint density at radius 3 is 2.72 bits per heavy atom. The minimum atomic E-state index is -4.26. The van der Waals surface area contributed by atoms with Crippen LogP contribution in [-0.4, -0.2) is 47.5 Å². The summed E-state index contributed by atoms with van der Waals surface area (Å²) in [5, 5.41) is 2.01. The van der Waals surface area contributed by atoms with Gasteiger partial charge in [-0.25, -0.2) is 18.1 Å². The first-order chi connectivity index (χ1) is 17.1. The Balaban J connectivity index is 1.58. The molecule has 2 amide bonds. The quantitative estimate of drug-likeness (QED) is 0.487. The number of aromatic nitrogens is 2. The molecule has 0 spiro atoms. The highest BCUT2D eigenvalue weighted by Gasteiger charge is 2.40. The molecule has 5 rings (SSSR count). The molecular formula is C26H29N5O4S. The van der Waals surface area contributed by atoms with E-state index in [2.05, 4.69) is 40.7 Å². The molecule has 1 fully saturated rings. The van der Waals surface area contributed by atoms with Gasteiger partial charge < -0.3 is 15.2 Å². The number of nitrogens with zero attached hydrogens (tertiary/aromatic N) is 2. The molecular weight excluding hydrogens is 478 g/mol. The van der Waals surface area contributed by atoms with Crippen LogP contribution in [0.4, 0.5) is 5.82 Å². The summed E-state index contributed by atoms with van der Waals surface area (Å²) in [5.74, 6) is -0.673. The molecule has 0 aliphatic carbocycles. The van der Waals surface area contributed by atoms with Gasteiger partial charge in [-0.05, 0) is 63.1 Å². The van der Waals surface area contributed by atoms with Gasteiger partial charge in [-0.2, -0.15) is 0 Å². The third-order valence-corrected chi connectivity index (χ3v) is 8.54. The van der Waals surface area contributed by atoms with Crippen molar-refractivity contribution in [3.63, 3.8) is 0 Å². The lowest BCUT2D eigenvalue weighted by molar-refractivity contribution is -0.120. The van der Waals surface area contributed by atoms with Crippen LogP contribution in [0.3, 0.4) is 0 Å². The number of sulfonamides is 1. The molecule has 3 aromatic rings. The van der Waals surface area contributed by atoms with Crippen LogP contribution < -0.4 is 14.9 Å². The van der Waals surface area contributed by atoms with Crippen LogP contribution in [0.2, 0.25) is 0 Å². The van der Waals surface area contributed by atoms with Crippen LogP contribution in [0.5, 0.6) is 0 Å². The van der Waals surface area contributed by atoms with Gasteiger partial charge in [0.2, 0.25) is 15.9 Å². The number of nitrogens with one attached hydrogen (secondary N) is 3. The van der Waals surface area contributed by atoms with Crippen LogP contribution in [0, 0.1) is 5.92 Å². The van der Waals surface area contributed by atoms with Crippen molar-refractivity contribution in [1.82, 2.24) is 20.0 Å². The molecule has 36 heavy (non-hydrogen) atoms. The molecule has 188 valence electrons. The molecule has 2 atom stereocenters. The van der Waals surface area contributed by atoms with Gasteiger partial charge in [0.05, 0.1) is 11.3 Å². The monoisotopic (exact) mass is 507 g/mol. The Hall–Kier alpha value is -3.66. The molecule has 3 N–H and O–H groups in total. The van der Waals surface area contributed by atoms with Gasteiger partial charge in [0.15, 0.2) is 5.25 Å². The normalized spacial score (nSPS) is 21.5. The predicted octanol–water partition coefficient (Wildman–Crippen LogP) is 3.32. The second-order valence-corrected chi connectivity index (χ2v) is 12.0. The third-order valence-electron chi connectivity index (χ3n) is 6.91. The summed E-state index contributed by atoms with van der Waals surface area (Å²) >= 11 is 0. The standard InChI is InChI=1S/C26H29N5O4S/c1-16-14-26(2,3)31(15-16)23-19(24(32)30-36(34,35)22-8-5-12-28-25(22)33)9-10-21(29-23)17-6-4-7-20-18(17)11-13-27-20/h4-7,9-13,16,22,27H,8,14-15H2,1-3H3,(H,28,33)(H,30,32)/t16-,22?/m1/s1. The number of rotatable bonds is 5. The van der Waals surface area contributed by atoms with E-state index in [0.717, 1.165) is 22.9 Å².